The van der Waals surface area contributed by atoms with Crippen LogP contribution in [0, 0.1) is 11.8 Å². The van der Waals surface area contributed by atoms with Gasteiger partial charge in [-0.15, -0.1) is 0 Å². The SMILES string of the molecule is CC(CC(=O)O)NCC1CCCC1C. The second-order valence-electron chi connectivity index (χ2n) is 4.58. The molecule has 3 unspecified atom stereocenters. The summed E-state index contributed by atoms with van der Waals surface area (Å²) in [4.78, 5) is 10.4. The standard InChI is InChI=1S/C11H21NO2/c1-8-4-3-5-10(8)7-12-9(2)6-11(13)14/h8-10,12H,3-7H2,1-2H3,(H,13,14). The van der Waals surface area contributed by atoms with Crippen LogP contribution in [0.15, 0.2) is 0 Å². The van der Waals surface area contributed by atoms with Crippen molar-refractivity contribution < 1.29 is 9.90 Å². The van der Waals surface area contributed by atoms with Gasteiger partial charge in [-0.05, 0) is 31.7 Å². The fourth-order valence-corrected chi connectivity index (χ4v) is 2.21. The van der Waals surface area contributed by atoms with Gasteiger partial charge in [0.15, 0.2) is 0 Å². The molecule has 0 spiro atoms. The summed E-state index contributed by atoms with van der Waals surface area (Å²) >= 11 is 0. The molecule has 1 fully saturated rings. The van der Waals surface area contributed by atoms with Crippen molar-refractivity contribution >= 4 is 5.97 Å². The lowest BCUT2D eigenvalue weighted by atomic mass is 9.98. The predicted octanol–water partition coefficient (Wildman–Crippen LogP) is 1.88. The van der Waals surface area contributed by atoms with Crippen molar-refractivity contribution in [2.75, 3.05) is 6.54 Å². The molecule has 3 nitrogen and oxygen atoms in total. The zero-order valence-electron chi connectivity index (χ0n) is 9.12. The highest BCUT2D eigenvalue weighted by Gasteiger charge is 2.23. The first-order chi connectivity index (χ1) is 6.59. The molecule has 0 aromatic carbocycles. The van der Waals surface area contributed by atoms with E-state index in [1.54, 1.807) is 0 Å². The first-order valence-electron chi connectivity index (χ1n) is 5.54. The lowest BCUT2D eigenvalue weighted by Gasteiger charge is -2.19. The fourth-order valence-electron chi connectivity index (χ4n) is 2.21. The van der Waals surface area contributed by atoms with E-state index >= 15 is 0 Å². The third-order valence-corrected chi connectivity index (χ3v) is 3.25. The largest absolute Gasteiger partial charge is 0.481 e. The lowest BCUT2D eigenvalue weighted by Crippen LogP contribution is -2.33. The van der Waals surface area contributed by atoms with Crippen LogP contribution in [0.2, 0.25) is 0 Å². The van der Waals surface area contributed by atoms with Gasteiger partial charge in [0.25, 0.3) is 0 Å². The smallest absolute Gasteiger partial charge is 0.304 e. The van der Waals surface area contributed by atoms with Crippen LogP contribution >= 0.6 is 0 Å². The van der Waals surface area contributed by atoms with Gasteiger partial charge in [-0.25, -0.2) is 0 Å². The minimum atomic E-state index is -0.718. The summed E-state index contributed by atoms with van der Waals surface area (Å²) in [5.74, 6) is 0.843. The minimum Gasteiger partial charge on any atom is -0.481 e. The van der Waals surface area contributed by atoms with Crippen LogP contribution in [0.5, 0.6) is 0 Å². The molecule has 0 bridgehead atoms. The van der Waals surface area contributed by atoms with Crippen LogP contribution in [0.1, 0.15) is 39.5 Å². The van der Waals surface area contributed by atoms with Crippen LogP contribution in [0.4, 0.5) is 0 Å². The molecule has 82 valence electrons. The Morgan fingerprint density at radius 1 is 1.57 bits per heavy atom. The van der Waals surface area contributed by atoms with Gasteiger partial charge in [0.2, 0.25) is 0 Å². The van der Waals surface area contributed by atoms with Crippen LogP contribution in [-0.2, 0) is 4.79 Å². The van der Waals surface area contributed by atoms with Gasteiger partial charge in [-0.1, -0.05) is 19.8 Å². The van der Waals surface area contributed by atoms with Gasteiger partial charge in [0.1, 0.15) is 0 Å². The van der Waals surface area contributed by atoms with Gasteiger partial charge >= 0.3 is 5.97 Å². The molecule has 1 saturated carbocycles. The van der Waals surface area contributed by atoms with Crippen LogP contribution in [0.25, 0.3) is 0 Å². The maximum atomic E-state index is 10.4. The highest BCUT2D eigenvalue weighted by Crippen LogP contribution is 2.30. The molecule has 3 heteroatoms. The maximum absolute atomic E-state index is 10.4. The predicted molar refractivity (Wildman–Crippen MR) is 56.2 cm³/mol. The van der Waals surface area contributed by atoms with Crippen molar-refractivity contribution in [3.8, 4) is 0 Å². The lowest BCUT2D eigenvalue weighted by molar-refractivity contribution is -0.137. The van der Waals surface area contributed by atoms with Crippen LogP contribution in [0.3, 0.4) is 0 Å². The number of hydrogen-bond donors (Lipinski definition) is 2. The zero-order chi connectivity index (χ0) is 10.6. The van der Waals surface area contributed by atoms with Crippen LogP contribution < -0.4 is 5.32 Å². The first-order valence-corrected chi connectivity index (χ1v) is 5.54. The average Bonchev–Trinajstić information content (AvgIpc) is 2.46. The highest BCUT2D eigenvalue weighted by atomic mass is 16.4. The van der Waals surface area contributed by atoms with Gasteiger partial charge in [-0.2, -0.15) is 0 Å². The number of carboxylic acids is 1. The summed E-state index contributed by atoms with van der Waals surface area (Å²) in [6.07, 6.45) is 4.19. The Morgan fingerprint density at radius 3 is 2.79 bits per heavy atom. The summed E-state index contributed by atoms with van der Waals surface area (Å²) < 4.78 is 0. The molecular formula is C11H21NO2. The molecular weight excluding hydrogens is 178 g/mol. The summed E-state index contributed by atoms with van der Waals surface area (Å²) in [5, 5.41) is 11.9. The molecule has 0 heterocycles. The van der Waals surface area contributed by atoms with Gasteiger partial charge in [-0.3, -0.25) is 4.79 Å². The Labute approximate surface area is 85.9 Å². The second kappa shape index (κ2) is 5.35. The Morgan fingerprint density at radius 2 is 2.29 bits per heavy atom. The molecule has 3 atom stereocenters. The van der Waals surface area contributed by atoms with E-state index < -0.39 is 5.97 Å². The minimum absolute atomic E-state index is 0.0975. The summed E-state index contributed by atoms with van der Waals surface area (Å²) in [6.45, 7) is 5.21. The number of rotatable bonds is 5. The second-order valence-corrected chi connectivity index (χ2v) is 4.58. The van der Waals surface area contributed by atoms with Gasteiger partial charge < -0.3 is 10.4 Å². The van der Waals surface area contributed by atoms with Crippen molar-refractivity contribution in [3.63, 3.8) is 0 Å². The molecule has 14 heavy (non-hydrogen) atoms. The van der Waals surface area contributed by atoms with Crippen molar-refractivity contribution in [2.24, 2.45) is 11.8 Å². The molecule has 1 rings (SSSR count). The Kier molecular flexibility index (Phi) is 4.39. The maximum Gasteiger partial charge on any atom is 0.304 e. The Bertz CT molecular complexity index is 194. The number of hydrogen-bond acceptors (Lipinski definition) is 2. The molecule has 0 aromatic heterocycles. The van der Waals surface area contributed by atoms with E-state index in [4.69, 9.17) is 5.11 Å². The van der Waals surface area contributed by atoms with E-state index in [2.05, 4.69) is 12.2 Å². The van der Waals surface area contributed by atoms with E-state index in [0.29, 0.717) is 0 Å². The van der Waals surface area contributed by atoms with Gasteiger partial charge in [0.05, 0.1) is 6.42 Å². The van der Waals surface area contributed by atoms with Crippen molar-refractivity contribution in [1.29, 1.82) is 0 Å². The molecule has 1 aliphatic rings. The van der Waals surface area contributed by atoms with E-state index in [-0.39, 0.29) is 12.5 Å². The average molecular weight is 199 g/mol. The van der Waals surface area contributed by atoms with Crippen molar-refractivity contribution in [2.45, 2.75) is 45.6 Å². The Hall–Kier alpha value is -0.570. The molecule has 0 amide bonds. The number of carboxylic acid groups (broad SMARTS) is 1. The van der Waals surface area contributed by atoms with E-state index in [9.17, 15) is 4.79 Å². The molecule has 1 aliphatic carbocycles. The Balaban J connectivity index is 2.16. The topological polar surface area (TPSA) is 49.3 Å². The number of aliphatic carboxylic acids is 1. The number of nitrogens with one attached hydrogen (secondary N) is 1. The van der Waals surface area contributed by atoms with E-state index in [1.165, 1.54) is 19.3 Å². The van der Waals surface area contributed by atoms with Gasteiger partial charge in [0, 0.05) is 6.04 Å². The molecule has 0 aliphatic heterocycles. The normalized spacial score (nSPS) is 29.0. The molecule has 0 saturated heterocycles. The third kappa shape index (κ3) is 3.66. The molecule has 2 N–H and O–H groups in total. The summed E-state index contributed by atoms with van der Waals surface area (Å²) in [5.41, 5.74) is 0. The van der Waals surface area contributed by atoms with Crippen molar-refractivity contribution in [1.82, 2.24) is 5.32 Å². The quantitative estimate of drug-likeness (QED) is 0.710. The third-order valence-electron chi connectivity index (χ3n) is 3.25. The molecule has 0 aromatic rings. The zero-order valence-corrected chi connectivity index (χ0v) is 9.12. The summed E-state index contributed by atoms with van der Waals surface area (Å²) in [7, 11) is 0. The fraction of sp³-hybridized carbons (Fsp3) is 0.909. The highest BCUT2D eigenvalue weighted by molar-refractivity contribution is 5.67. The van der Waals surface area contributed by atoms with Crippen LogP contribution in [-0.4, -0.2) is 23.7 Å². The van der Waals surface area contributed by atoms with E-state index in [1.807, 2.05) is 6.92 Å². The monoisotopic (exact) mass is 199 g/mol. The molecule has 0 radical (unpaired) electrons. The number of carbonyl (C=O) groups is 1. The summed E-state index contributed by atoms with van der Waals surface area (Å²) in [6, 6.07) is 0.0975. The van der Waals surface area contributed by atoms with E-state index in [0.717, 1.165) is 18.4 Å². The van der Waals surface area contributed by atoms with Crippen molar-refractivity contribution in [3.05, 3.63) is 0 Å². The first kappa shape index (κ1) is 11.5.